The van der Waals surface area contributed by atoms with Crippen LogP contribution in [0.4, 0.5) is 11.5 Å². The molecule has 0 saturated carbocycles. The minimum Gasteiger partial charge on any atom is -0.384 e. The molecule has 0 saturated heterocycles. The van der Waals surface area contributed by atoms with Crippen molar-refractivity contribution < 1.29 is 0 Å². The van der Waals surface area contributed by atoms with Crippen LogP contribution in [-0.4, -0.2) is 12.0 Å². The van der Waals surface area contributed by atoms with Crippen molar-refractivity contribution in [1.29, 1.82) is 0 Å². The van der Waals surface area contributed by atoms with Crippen molar-refractivity contribution in [3.63, 3.8) is 0 Å². The number of halogens is 1. The third-order valence-electron chi connectivity index (χ3n) is 2.80. The first-order valence-corrected chi connectivity index (χ1v) is 6.13. The molecule has 0 bridgehead atoms. The molecule has 0 aliphatic rings. The van der Waals surface area contributed by atoms with E-state index in [1.54, 1.807) is 12.1 Å². The first kappa shape index (κ1) is 12.7. The van der Waals surface area contributed by atoms with Crippen LogP contribution in [-0.2, 0) is 6.54 Å². The van der Waals surface area contributed by atoms with Gasteiger partial charge in [0.2, 0.25) is 0 Å². The Hall–Kier alpha value is -1.74. The number of nitrogens with two attached hydrogens (primary N) is 1. The molecule has 0 unspecified atom stereocenters. The summed E-state index contributed by atoms with van der Waals surface area (Å²) in [5.41, 5.74) is 8.83. The van der Waals surface area contributed by atoms with E-state index in [1.807, 2.05) is 7.05 Å². The van der Waals surface area contributed by atoms with Gasteiger partial charge >= 0.3 is 0 Å². The molecule has 0 atom stereocenters. The van der Waals surface area contributed by atoms with Gasteiger partial charge in [0.05, 0.1) is 17.3 Å². The summed E-state index contributed by atoms with van der Waals surface area (Å²) in [6.45, 7) is 2.70. The van der Waals surface area contributed by atoms with Gasteiger partial charge in [0, 0.05) is 12.7 Å². The molecule has 2 aromatic rings. The van der Waals surface area contributed by atoms with Crippen LogP contribution >= 0.6 is 11.6 Å². The summed E-state index contributed by atoms with van der Waals surface area (Å²) in [7, 11) is 2.01. The lowest BCUT2D eigenvalue weighted by atomic mass is 10.2. The van der Waals surface area contributed by atoms with Gasteiger partial charge in [0.1, 0.15) is 5.82 Å². The van der Waals surface area contributed by atoms with Gasteiger partial charge in [0.15, 0.2) is 0 Å². The molecule has 0 spiro atoms. The van der Waals surface area contributed by atoms with E-state index in [0.717, 1.165) is 11.4 Å². The van der Waals surface area contributed by atoms with Crippen LogP contribution in [0.15, 0.2) is 36.4 Å². The topological polar surface area (TPSA) is 42.2 Å². The lowest BCUT2D eigenvalue weighted by Crippen LogP contribution is -2.17. The van der Waals surface area contributed by atoms with Gasteiger partial charge in [-0.25, -0.2) is 4.98 Å². The number of hydrogen-bond donors (Lipinski definition) is 1. The van der Waals surface area contributed by atoms with Crippen molar-refractivity contribution in [3.05, 3.63) is 52.7 Å². The number of aryl methyl sites for hydroxylation is 1. The predicted molar refractivity (Wildman–Crippen MR) is 76.9 cm³/mol. The van der Waals surface area contributed by atoms with Crippen LogP contribution in [0.25, 0.3) is 0 Å². The largest absolute Gasteiger partial charge is 0.384 e. The summed E-state index contributed by atoms with van der Waals surface area (Å²) < 4.78 is 0. The zero-order valence-corrected chi connectivity index (χ0v) is 11.3. The maximum atomic E-state index is 6.11. The number of nitrogens with zero attached hydrogens (tertiary/aromatic N) is 2. The molecule has 1 aromatic carbocycles. The molecule has 2 N–H and O–H groups in total. The standard InChI is InChI=1S/C14H16ClN3/c1-10-3-5-11(6-4-10)18(2)9-13-12(15)7-8-14(16)17-13/h3-8H,9H2,1-2H3,(H2,16,17). The van der Waals surface area contributed by atoms with E-state index in [1.165, 1.54) is 5.56 Å². The number of pyridine rings is 1. The average molecular weight is 262 g/mol. The minimum atomic E-state index is 0.492. The number of nitrogen functional groups attached to an aromatic ring is 1. The van der Waals surface area contributed by atoms with Crippen LogP contribution in [0.3, 0.4) is 0 Å². The number of hydrogen-bond acceptors (Lipinski definition) is 3. The molecular formula is C14H16ClN3. The van der Waals surface area contributed by atoms with Gasteiger partial charge < -0.3 is 10.6 Å². The maximum Gasteiger partial charge on any atom is 0.123 e. The van der Waals surface area contributed by atoms with E-state index in [-0.39, 0.29) is 0 Å². The lowest BCUT2D eigenvalue weighted by molar-refractivity contribution is 0.887. The molecule has 18 heavy (non-hydrogen) atoms. The Labute approximate surface area is 112 Å². The highest BCUT2D eigenvalue weighted by Gasteiger charge is 2.07. The molecule has 1 aromatic heterocycles. The molecule has 3 nitrogen and oxygen atoms in total. The van der Waals surface area contributed by atoms with Crippen molar-refractivity contribution in [2.45, 2.75) is 13.5 Å². The Kier molecular flexibility index (Phi) is 3.72. The van der Waals surface area contributed by atoms with Gasteiger partial charge in [-0.1, -0.05) is 29.3 Å². The second kappa shape index (κ2) is 5.27. The van der Waals surface area contributed by atoms with E-state index < -0.39 is 0 Å². The lowest BCUT2D eigenvalue weighted by Gasteiger charge is -2.19. The Bertz CT molecular complexity index is 537. The average Bonchev–Trinajstić information content (AvgIpc) is 2.34. The summed E-state index contributed by atoms with van der Waals surface area (Å²) in [5.74, 6) is 0.492. The van der Waals surface area contributed by atoms with Crippen molar-refractivity contribution >= 4 is 23.1 Å². The minimum absolute atomic E-state index is 0.492. The van der Waals surface area contributed by atoms with Crippen molar-refractivity contribution in [1.82, 2.24) is 4.98 Å². The molecule has 2 rings (SSSR count). The highest BCUT2D eigenvalue weighted by atomic mass is 35.5. The zero-order chi connectivity index (χ0) is 13.1. The maximum absolute atomic E-state index is 6.11. The molecule has 94 valence electrons. The Balaban J connectivity index is 2.18. The monoisotopic (exact) mass is 261 g/mol. The highest BCUT2D eigenvalue weighted by molar-refractivity contribution is 6.31. The predicted octanol–water partition coefficient (Wildman–Crippen LogP) is 3.26. The third-order valence-corrected chi connectivity index (χ3v) is 3.15. The molecule has 0 fully saturated rings. The summed E-state index contributed by atoms with van der Waals surface area (Å²) in [6.07, 6.45) is 0. The second-order valence-electron chi connectivity index (χ2n) is 4.36. The summed E-state index contributed by atoms with van der Waals surface area (Å²) in [6, 6.07) is 11.8. The molecule has 0 aliphatic carbocycles. The smallest absolute Gasteiger partial charge is 0.123 e. The van der Waals surface area contributed by atoms with Gasteiger partial charge in [0.25, 0.3) is 0 Å². The number of aromatic nitrogens is 1. The number of anilines is 2. The first-order chi connectivity index (χ1) is 8.56. The van der Waals surface area contributed by atoms with E-state index in [9.17, 15) is 0 Å². The van der Waals surface area contributed by atoms with E-state index in [2.05, 4.69) is 41.1 Å². The molecule has 1 heterocycles. The fourth-order valence-electron chi connectivity index (χ4n) is 1.73. The summed E-state index contributed by atoms with van der Waals surface area (Å²) in [4.78, 5) is 6.35. The van der Waals surface area contributed by atoms with Crippen LogP contribution < -0.4 is 10.6 Å². The third kappa shape index (κ3) is 2.93. The normalized spacial score (nSPS) is 10.4. The molecule has 0 radical (unpaired) electrons. The Morgan fingerprint density at radius 3 is 2.50 bits per heavy atom. The zero-order valence-electron chi connectivity index (χ0n) is 10.5. The summed E-state index contributed by atoms with van der Waals surface area (Å²) >= 11 is 6.11. The molecule has 4 heteroatoms. The molecular weight excluding hydrogens is 246 g/mol. The number of benzene rings is 1. The van der Waals surface area contributed by atoms with E-state index >= 15 is 0 Å². The van der Waals surface area contributed by atoms with Gasteiger partial charge in [-0.3, -0.25) is 0 Å². The van der Waals surface area contributed by atoms with E-state index in [0.29, 0.717) is 17.4 Å². The van der Waals surface area contributed by atoms with Crippen LogP contribution in [0.1, 0.15) is 11.3 Å². The quantitative estimate of drug-likeness (QED) is 0.922. The van der Waals surface area contributed by atoms with Gasteiger partial charge in [-0.15, -0.1) is 0 Å². The van der Waals surface area contributed by atoms with Crippen LogP contribution in [0.2, 0.25) is 5.02 Å². The fourth-order valence-corrected chi connectivity index (χ4v) is 1.89. The van der Waals surface area contributed by atoms with Crippen molar-refractivity contribution in [2.75, 3.05) is 17.7 Å². The second-order valence-corrected chi connectivity index (χ2v) is 4.76. The van der Waals surface area contributed by atoms with Crippen molar-refractivity contribution in [2.24, 2.45) is 0 Å². The van der Waals surface area contributed by atoms with E-state index in [4.69, 9.17) is 17.3 Å². The fraction of sp³-hybridized carbons (Fsp3) is 0.214. The first-order valence-electron chi connectivity index (χ1n) is 5.75. The Morgan fingerprint density at radius 2 is 1.83 bits per heavy atom. The van der Waals surface area contributed by atoms with Gasteiger partial charge in [-0.05, 0) is 31.2 Å². The molecule has 0 aliphatic heterocycles. The summed E-state index contributed by atoms with van der Waals surface area (Å²) in [5, 5.41) is 0.642. The van der Waals surface area contributed by atoms with Crippen LogP contribution in [0.5, 0.6) is 0 Å². The van der Waals surface area contributed by atoms with Crippen LogP contribution in [0, 0.1) is 6.92 Å². The SMILES string of the molecule is Cc1ccc(N(C)Cc2nc(N)ccc2Cl)cc1. The number of rotatable bonds is 3. The highest BCUT2D eigenvalue weighted by Crippen LogP contribution is 2.20. The molecule has 0 amide bonds. The van der Waals surface area contributed by atoms with Gasteiger partial charge in [-0.2, -0.15) is 0 Å². The Morgan fingerprint density at radius 1 is 1.17 bits per heavy atom. The van der Waals surface area contributed by atoms with Crippen molar-refractivity contribution in [3.8, 4) is 0 Å².